The van der Waals surface area contributed by atoms with E-state index in [2.05, 4.69) is 34.7 Å². The summed E-state index contributed by atoms with van der Waals surface area (Å²) in [6.07, 6.45) is 2.17. The molecule has 1 aliphatic heterocycles. The molecule has 0 amide bonds. The normalized spacial score (nSPS) is 17.2. The van der Waals surface area contributed by atoms with Crippen LogP contribution in [-0.2, 0) is 11.3 Å². The fourth-order valence-electron chi connectivity index (χ4n) is 1.94. The first-order valence-corrected chi connectivity index (χ1v) is 7.85. The highest BCUT2D eigenvalue weighted by Crippen LogP contribution is 2.27. The van der Waals surface area contributed by atoms with E-state index in [1.165, 1.54) is 0 Å². The summed E-state index contributed by atoms with van der Waals surface area (Å²) in [7, 11) is 0. The van der Waals surface area contributed by atoms with Crippen LogP contribution in [0.4, 0.5) is 0 Å². The average molecular weight is 285 g/mol. The van der Waals surface area contributed by atoms with E-state index in [0.717, 1.165) is 50.8 Å². The van der Waals surface area contributed by atoms with E-state index in [1.807, 2.05) is 4.68 Å². The fourth-order valence-corrected chi connectivity index (χ4v) is 3.00. The van der Waals surface area contributed by atoms with Crippen LogP contribution in [0.5, 0.6) is 0 Å². The number of nitrogens with zero attached hydrogens (tertiary/aromatic N) is 4. The van der Waals surface area contributed by atoms with Gasteiger partial charge in [0.1, 0.15) is 0 Å². The number of hydrogen-bond acceptors (Lipinski definition) is 6. The van der Waals surface area contributed by atoms with Crippen molar-refractivity contribution in [1.29, 1.82) is 0 Å². The summed E-state index contributed by atoms with van der Waals surface area (Å²) in [5.74, 6) is 0.671. The van der Waals surface area contributed by atoms with Crippen LogP contribution in [0.25, 0.3) is 0 Å². The molecular weight excluding hydrogens is 262 g/mol. The van der Waals surface area contributed by atoms with Gasteiger partial charge in [0.25, 0.3) is 0 Å². The maximum absolute atomic E-state index is 5.37. The van der Waals surface area contributed by atoms with Crippen molar-refractivity contribution >= 4 is 11.8 Å². The highest BCUT2D eigenvalue weighted by atomic mass is 32.2. The first kappa shape index (κ1) is 14.7. The SMILES string of the molecule is CC(C)CNCCn1nnnc1SC1CCOCC1. The Labute approximate surface area is 118 Å². The third-order valence-electron chi connectivity index (χ3n) is 2.99. The predicted molar refractivity (Wildman–Crippen MR) is 75.2 cm³/mol. The molecule has 1 fully saturated rings. The van der Waals surface area contributed by atoms with Crippen LogP contribution in [0.1, 0.15) is 26.7 Å². The van der Waals surface area contributed by atoms with Crippen molar-refractivity contribution in [3.8, 4) is 0 Å². The van der Waals surface area contributed by atoms with Crippen LogP contribution in [-0.4, -0.2) is 51.8 Å². The van der Waals surface area contributed by atoms with Gasteiger partial charge in [-0.3, -0.25) is 0 Å². The van der Waals surface area contributed by atoms with Crippen molar-refractivity contribution in [2.24, 2.45) is 5.92 Å². The van der Waals surface area contributed by atoms with Gasteiger partial charge in [-0.1, -0.05) is 25.6 Å². The van der Waals surface area contributed by atoms with E-state index in [4.69, 9.17) is 4.74 Å². The van der Waals surface area contributed by atoms with Gasteiger partial charge in [0.05, 0.1) is 6.54 Å². The Morgan fingerprint density at radius 3 is 2.95 bits per heavy atom. The number of rotatable bonds is 7. The topological polar surface area (TPSA) is 64.9 Å². The summed E-state index contributed by atoms with van der Waals surface area (Å²) < 4.78 is 7.27. The van der Waals surface area contributed by atoms with Crippen molar-refractivity contribution < 1.29 is 4.74 Å². The minimum atomic E-state index is 0.585. The molecule has 0 bridgehead atoms. The molecule has 108 valence electrons. The average Bonchev–Trinajstić information content (AvgIpc) is 2.83. The van der Waals surface area contributed by atoms with Crippen molar-refractivity contribution in [2.45, 2.75) is 43.6 Å². The van der Waals surface area contributed by atoms with Gasteiger partial charge in [-0.15, -0.1) is 5.10 Å². The second-order valence-corrected chi connectivity index (χ2v) is 6.48. The zero-order valence-corrected chi connectivity index (χ0v) is 12.5. The smallest absolute Gasteiger partial charge is 0.209 e. The Hall–Kier alpha value is -0.660. The Morgan fingerprint density at radius 1 is 1.42 bits per heavy atom. The summed E-state index contributed by atoms with van der Waals surface area (Å²) in [6.45, 7) is 8.89. The van der Waals surface area contributed by atoms with E-state index in [-0.39, 0.29) is 0 Å². The monoisotopic (exact) mass is 285 g/mol. The molecule has 0 spiro atoms. The molecule has 1 saturated heterocycles. The lowest BCUT2D eigenvalue weighted by molar-refractivity contribution is 0.0999. The number of tetrazole rings is 1. The lowest BCUT2D eigenvalue weighted by atomic mass is 10.2. The number of hydrogen-bond donors (Lipinski definition) is 1. The van der Waals surface area contributed by atoms with Crippen LogP contribution in [0.15, 0.2) is 5.16 Å². The minimum Gasteiger partial charge on any atom is -0.381 e. The van der Waals surface area contributed by atoms with Gasteiger partial charge in [0.15, 0.2) is 0 Å². The van der Waals surface area contributed by atoms with Crippen LogP contribution in [0, 0.1) is 5.92 Å². The van der Waals surface area contributed by atoms with Crippen LogP contribution < -0.4 is 5.32 Å². The molecule has 0 radical (unpaired) electrons. The first-order valence-electron chi connectivity index (χ1n) is 6.97. The Morgan fingerprint density at radius 2 is 2.21 bits per heavy atom. The molecule has 0 saturated carbocycles. The Balaban J connectivity index is 1.76. The first-order chi connectivity index (χ1) is 9.25. The van der Waals surface area contributed by atoms with Crippen molar-refractivity contribution in [2.75, 3.05) is 26.3 Å². The molecule has 0 aromatic carbocycles. The molecule has 6 nitrogen and oxygen atoms in total. The summed E-state index contributed by atoms with van der Waals surface area (Å²) in [5.41, 5.74) is 0. The minimum absolute atomic E-state index is 0.585. The van der Waals surface area contributed by atoms with Crippen molar-refractivity contribution in [1.82, 2.24) is 25.5 Å². The van der Waals surface area contributed by atoms with Crippen LogP contribution in [0.3, 0.4) is 0 Å². The molecule has 0 unspecified atom stereocenters. The Bertz CT molecular complexity index is 365. The van der Waals surface area contributed by atoms with Gasteiger partial charge >= 0.3 is 0 Å². The molecule has 0 aliphatic carbocycles. The number of nitrogens with one attached hydrogen (secondary N) is 1. The van der Waals surface area contributed by atoms with E-state index in [0.29, 0.717) is 11.2 Å². The van der Waals surface area contributed by atoms with Gasteiger partial charge < -0.3 is 10.1 Å². The van der Waals surface area contributed by atoms with E-state index in [1.54, 1.807) is 11.8 Å². The molecule has 19 heavy (non-hydrogen) atoms. The summed E-state index contributed by atoms with van der Waals surface area (Å²) in [6, 6.07) is 0. The molecule has 2 heterocycles. The second kappa shape index (κ2) is 7.81. The third kappa shape index (κ3) is 5.08. The molecule has 1 N–H and O–H groups in total. The van der Waals surface area contributed by atoms with Crippen LogP contribution in [0.2, 0.25) is 0 Å². The summed E-state index contributed by atoms with van der Waals surface area (Å²) >= 11 is 1.78. The largest absolute Gasteiger partial charge is 0.381 e. The highest BCUT2D eigenvalue weighted by molar-refractivity contribution is 7.99. The third-order valence-corrected chi connectivity index (χ3v) is 4.30. The van der Waals surface area contributed by atoms with Gasteiger partial charge in [0.2, 0.25) is 5.16 Å². The van der Waals surface area contributed by atoms with E-state index >= 15 is 0 Å². The predicted octanol–water partition coefficient (Wildman–Crippen LogP) is 1.19. The lowest BCUT2D eigenvalue weighted by Gasteiger charge is -2.20. The van der Waals surface area contributed by atoms with E-state index in [9.17, 15) is 0 Å². The van der Waals surface area contributed by atoms with Crippen LogP contribution >= 0.6 is 11.8 Å². The molecule has 2 rings (SSSR count). The summed E-state index contributed by atoms with van der Waals surface area (Å²) in [5, 5.41) is 16.9. The number of aromatic nitrogens is 4. The number of ether oxygens (including phenoxy) is 1. The van der Waals surface area contributed by atoms with Gasteiger partial charge in [0, 0.05) is 25.0 Å². The molecule has 1 aromatic rings. The quantitative estimate of drug-likeness (QED) is 0.759. The standard InChI is InChI=1S/C12H23N5OS/c1-10(2)9-13-5-6-17-12(14-15-16-17)19-11-3-7-18-8-4-11/h10-11,13H,3-9H2,1-2H3. The number of thioether (sulfide) groups is 1. The maximum Gasteiger partial charge on any atom is 0.209 e. The zero-order chi connectivity index (χ0) is 13.5. The van der Waals surface area contributed by atoms with Gasteiger partial charge in [-0.05, 0) is 35.7 Å². The molecule has 1 aliphatic rings. The molecule has 0 atom stereocenters. The van der Waals surface area contributed by atoms with E-state index < -0.39 is 0 Å². The van der Waals surface area contributed by atoms with Crippen molar-refractivity contribution in [3.05, 3.63) is 0 Å². The second-order valence-electron chi connectivity index (χ2n) is 5.21. The maximum atomic E-state index is 5.37. The summed E-state index contributed by atoms with van der Waals surface area (Å²) in [4.78, 5) is 0. The Kier molecular flexibility index (Phi) is 6.06. The van der Waals surface area contributed by atoms with Gasteiger partial charge in [-0.25, -0.2) is 4.68 Å². The molecule has 7 heteroatoms. The highest BCUT2D eigenvalue weighted by Gasteiger charge is 2.18. The molecular formula is C12H23N5OS. The zero-order valence-electron chi connectivity index (χ0n) is 11.7. The van der Waals surface area contributed by atoms with Crippen molar-refractivity contribution in [3.63, 3.8) is 0 Å². The lowest BCUT2D eigenvalue weighted by Crippen LogP contribution is -2.25. The fraction of sp³-hybridized carbons (Fsp3) is 0.917. The van der Waals surface area contributed by atoms with Gasteiger partial charge in [-0.2, -0.15) is 0 Å². The molecule has 1 aromatic heterocycles.